The van der Waals surface area contributed by atoms with Crippen molar-refractivity contribution >= 4 is 39.7 Å². The zero-order chi connectivity index (χ0) is 25.0. The van der Waals surface area contributed by atoms with Crippen LogP contribution < -0.4 is 9.80 Å². The number of halogens is 2. The fourth-order valence-electron chi connectivity index (χ4n) is 5.02. The maximum atomic E-state index is 7.51. The van der Waals surface area contributed by atoms with E-state index in [1.807, 2.05) is 18.2 Å². The Morgan fingerprint density at radius 3 is 1.40 bits per heavy atom. The van der Waals surface area contributed by atoms with Crippen LogP contribution in [0.1, 0.15) is 55.5 Å². The van der Waals surface area contributed by atoms with Crippen LogP contribution in [0, 0.1) is 0 Å². The topological polar surface area (TPSA) is 6.48 Å². The van der Waals surface area contributed by atoms with Crippen molar-refractivity contribution in [3.8, 4) is 0 Å². The summed E-state index contributed by atoms with van der Waals surface area (Å²) >= 11 is -3.47. The van der Waals surface area contributed by atoms with Crippen LogP contribution in [-0.2, 0) is 37.6 Å². The van der Waals surface area contributed by atoms with Gasteiger partial charge in [-0.3, -0.25) is 0 Å². The van der Waals surface area contributed by atoms with Crippen molar-refractivity contribution in [2.24, 2.45) is 0 Å². The van der Waals surface area contributed by atoms with E-state index in [9.17, 15) is 0 Å². The Morgan fingerprint density at radius 2 is 1.03 bits per heavy atom. The first kappa shape index (κ1) is 26.3. The molecule has 1 aliphatic rings. The number of para-hydroxylation sites is 2. The molecule has 2 nitrogen and oxygen atoms in total. The molecule has 1 aliphatic heterocycles. The van der Waals surface area contributed by atoms with Crippen molar-refractivity contribution in [3.63, 3.8) is 0 Å². The predicted molar refractivity (Wildman–Crippen MR) is 153 cm³/mol. The van der Waals surface area contributed by atoms with Crippen molar-refractivity contribution in [1.82, 2.24) is 0 Å². The monoisotopic (exact) mass is 596 g/mol. The van der Waals surface area contributed by atoms with Crippen molar-refractivity contribution in [3.05, 3.63) is 94.5 Å². The fraction of sp³-hybridized carbons (Fsp3) is 0.333. The van der Waals surface area contributed by atoms with Crippen LogP contribution in [-0.4, -0.2) is 22.1 Å². The summed E-state index contributed by atoms with van der Waals surface area (Å²) in [5, 5.41) is 0. The van der Waals surface area contributed by atoms with Gasteiger partial charge in [0.1, 0.15) is 0 Å². The molecule has 0 bridgehead atoms. The summed E-state index contributed by atoms with van der Waals surface area (Å²) in [4.78, 5) is 4.93. The molecule has 5 heteroatoms. The molecule has 1 heterocycles. The van der Waals surface area contributed by atoms with Gasteiger partial charge in [-0.1, -0.05) is 0 Å². The number of hydrogen-bond donors (Lipinski definition) is 0. The van der Waals surface area contributed by atoms with E-state index in [-0.39, 0.29) is 0 Å². The molecule has 3 aromatic rings. The van der Waals surface area contributed by atoms with E-state index < -0.39 is 11.9 Å². The number of anilines is 2. The Balaban J connectivity index is 2.05. The molecule has 0 unspecified atom stereocenters. The summed E-state index contributed by atoms with van der Waals surface area (Å²) in [6.45, 7) is 10.7. The third-order valence-electron chi connectivity index (χ3n) is 6.71. The third-order valence-corrected chi connectivity index (χ3v) is 12.2. The number of nitrogens with zero attached hydrogens (tertiary/aromatic N) is 2. The molecular formula is C30H36Cl2N2Ru. The van der Waals surface area contributed by atoms with Crippen LogP contribution in [0.3, 0.4) is 0 Å². The molecule has 0 N–H and O–H groups in total. The van der Waals surface area contributed by atoms with Crippen LogP contribution in [0.15, 0.2) is 66.7 Å². The van der Waals surface area contributed by atoms with E-state index in [0.29, 0.717) is 0 Å². The molecule has 0 spiro atoms. The quantitative estimate of drug-likeness (QED) is 0.259. The van der Waals surface area contributed by atoms with E-state index in [2.05, 4.69) is 90.6 Å². The van der Waals surface area contributed by atoms with Gasteiger partial charge in [0.05, 0.1) is 0 Å². The van der Waals surface area contributed by atoms with Crippen LogP contribution in [0.2, 0.25) is 0 Å². The van der Waals surface area contributed by atoms with Crippen LogP contribution >= 0.6 is 19.4 Å². The molecule has 0 amide bonds. The van der Waals surface area contributed by atoms with Crippen molar-refractivity contribution in [2.75, 3.05) is 22.9 Å². The fourth-order valence-corrected chi connectivity index (χ4v) is 11.1. The second kappa shape index (κ2) is 11.5. The first-order valence-corrected chi connectivity index (χ1v) is 19.0. The molecule has 0 aliphatic carbocycles. The Kier molecular flexibility index (Phi) is 8.64. The zero-order valence-electron chi connectivity index (χ0n) is 21.2. The molecule has 1 saturated heterocycles. The Morgan fingerprint density at radius 1 is 0.629 bits per heavy atom. The minimum absolute atomic E-state index is 0.880. The molecule has 35 heavy (non-hydrogen) atoms. The van der Waals surface area contributed by atoms with E-state index in [1.54, 1.807) is 0 Å². The molecule has 0 radical (unpaired) electrons. The van der Waals surface area contributed by atoms with E-state index in [0.717, 1.165) is 48.7 Å². The Hall–Kier alpha value is -1.80. The van der Waals surface area contributed by atoms with Crippen molar-refractivity contribution in [2.45, 2.75) is 53.4 Å². The number of hydrogen-bond acceptors (Lipinski definition) is 2. The van der Waals surface area contributed by atoms with Gasteiger partial charge in [0.15, 0.2) is 0 Å². The second-order valence-corrected chi connectivity index (χ2v) is 18.0. The first-order valence-electron chi connectivity index (χ1n) is 12.6. The van der Waals surface area contributed by atoms with E-state index in [4.69, 9.17) is 19.4 Å². The standard InChI is InChI=1S/C23H30N2.C7H6.2ClH.Ru/c1-5-18-11-9-12-19(6-2)22(18)24-15-16-25(17-24)23-20(7-3)13-10-14-21(23)8-4;1-7-5-3-2-4-6-7;;;/h9-14H,5-8,15-16H2,1-4H3;1-6H;2*1H;/q;;;;+2/p-2. The third kappa shape index (κ3) is 5.34. The van der Waals surface area contributed by atoms with Gasteiger partial charge in [-0.05, 0) is 0 Å². The Bertz CT molecular complexity index is 1190. The molecule has 0 aromatic heterocycles. The van der Waals surface area contributed by atoms with Gasteiger partial charge < -0.3 is 0 Å². The van der Waals surface area contributed by atoms with Crippen LogP contribution in [0.5, 0.6) is 0 Å². The van der Waals surface area contributed by atoms with Crippen molar-refractivity contribution < 1.29 is 11.9 Å². The summed E-state index contributed by atoms with van der Waals surface area (Å²) in [6, 6.07) is 23.7. The van der Waals surface area contributed by atoms with E-state index in [1.165, 1.54) is 33.6 Å². The summed E-state index contributed by atoms with van der Waals surface area (Å²) in [5.41, 5.74) is 9.10. The maximum absolute atomic E-state index is 7.51. The molecule has 1 fully saturated rings. The second-order valence-electron chi connectivity index (χ2n) is 8.78. The summed E-state index contributed by atoms with van der Waals surface area (Å²) in [6.07, 6.45) is 3.90. The average molecular weight is 597 g/mol. The molecular weight excluding hydrogens is 560 g/mol. The van der Waals surface area contributed by atoms with Gasteiger partial charge in [0.25, 0.3) is 0 Å². The molecule has 3 aromatic carbocycles. The summed E-state index contributed by atoms with van der Waals surface area (Å²) in [5.74, 6) is 0. The average Bonchev–Trinajstić information content (AvgIpc) is 3.33. The molecule has 188 valence electrons. The Labute approximate surface area is 221 Å². The minimum atomic E-state index is -3.47. The van der Waals surface area contributed by atoms with Gasteiger partial charge in [-0.25, -0.2) is 0 Å². The SMILES string of the molecule is CCc1cccc(CC)c1N1CCN(c2c(CC)cccc2CC)[C]1=[Ru]([Cl])([Cl])=[CH]c1ccccc1. The zero-order valence-corrected chi connectivity index (χ0v) is 24.4. The predicted octanol–water partition coefficient (Wildman–Crippen LogP) is 7.66. The van der Waals surface area contributed by atoms with Crippen LogP contribution in [0.25, 0.3) is 0 Å². The number of rotatable bonds is 7. The van der Waals surface area contributed by atoms with Gasteiger partial charge in [0, 0.05) is 0 Å². The normalized spacial score (nSPS) is 14.5. The number of benzene rings is 3. The molecule has 4 rings (SSSR count). The molecule has 0 saturated carbocycles. The molecule has 0 atom stereocenters. The van der Waals surface area contributed by atoms with Crippen LogP contribution in [0.4, 0.5) is 11.4 Å². The van der Waals surface area contributed by atoms with E-state index >= 15 is 0 Å². The van der Waals surface area contributed by atoms with Gasteiger partial charge in [0.2, 0.25) is 0 Å². The summed E-state index contributed by atoms with van der Waals surface area (Å²) in [7, 11) is 15.0. The van der Waals surface area contributed by atoms with Crippen molar-refractivity contribution in [1.29, 1.82) is 0 Å². The first-order chi connectivity index (χ1) is 16.9. The van der Waals surface area contributed by atoms with Gasteiger partial charge in [-0.2, -0.15) is 0 Å². The summed E-state index contributed by atoms with van der Waals surface area (Å²) < 4.78 is 3.25. The number of aryl methyl sites for hydroxylation is 4. The van der Waals surface area contributed by atoms with Gasteiger partial charge >= 0.3 is 222 Å². The van der Waals surface area contributed by atoms with Gasteiger partial charge in [-0.15, -0.1) is 0 Å².